The summed E-state index contributed by atoms with van der Waals surface area (Å²) in [7, 11) is 0. The molecule has 8 aromatic rings. The van der Waals surface area contributed by atoms with Crippen LogP contribution < -0.4 is 16.2 Å². The van der Waals surface area contributed by atoms with Crippen molar-refractivity contribution in [3.63, 3.8) is 0 Å². The summed E-state index contributed by atoms with van der Waals surface area (Å²) in [5, 5.41) is 5.88. The minimum atomic E-state index is -0.387. The molecule has 0 saturated heterocycles. The summed E-state index contributed by atoms with van der Waals surface area (Å²) < 4.78 is 11.9. The molecular formula is C42H31NO4. The molecule has 0 radical (unpaired) electrons. The van der Waals surface area contributed by atoms with Crippen LogP contribution in [-0.2, 0) is 0 Å². The first-order valence-corrected chi connectivity index (χ1v) is 15.9. The molecule has 0 atom stereocenters. The first-order chi connectivity index (χ1) is 23.0. The first-order valence-electron chi connectivity index (χ1n) is 15.9. The predicted octanol–water partition coefficient (Wildman–Crippen LogP) is 10.1. The average molecular weight is 614 g/mol. The third-order valence-corrected chi connectivity index (χ3v) is 9.16. The van der Waals surface area contributed by atoms with Gasteiger partial charge in [0.15, 0.2) is 0 Å². The summed E-state index contributed by atoms with van der Waals surface area (Å²) in [4.78, 5) is 29.0. The van der Waals surface area contributed by atoms with E-state index in [9.17, 15) is 9.59 Å². The van der Waals surface area contributed by atoms with Crippen molar-refractivity contribution in [2.75, 3.05) is 18.0 Å². The van der Waals surface area contributed by atoms with Crippen molar-refractivity contribution >= 4 is 49.2 Å². The Morgan fingerprint density at radius 1 is 0.489 bits per heavy atom. The summed E-state index contributed by atoms with van der Waals surface area (Å²) in [6.07, 6.45) is 0. The molecule has 0 spiro atoms. The van der Waals surface area contributed by atoms with Crippen molar-refractivity contribution in [3.05, 3.63) is 148 Å². The molecule has 47 heavy (non-hydrogen) atoms. The van der Waals surface area contributed by atoms with Crippen molar-refractivity contribution in [1.82, 2.24) is 0 Å². The van der Waals surface area contributed by atoms with Crippen LogP contribution in [0.2, 0.25) is 0 Å². The van der Waals surface area contributed by atoms with Crippen LogP contribution in [0.5, 0.6) is 0 Å². The molecule has 0 aliphatic heterocycles. The van der Waals surface area contributed by atoms with Crippen molar-refractivity contribution in [2.24, 2.45) is 0 Å². The number of benzene rings is 6. The molecule has 0 aliphatic carbocycles. The molecule has 2 aromatic heterocycles. The number of rotatable bonds is 6. The Morgan fingerprint density at radius 2 is 1.02 bits per heavy atom. The summed E-state index contributed by atoms with van der Waals surface area (Å²) in [6.45, 7) is 5.96. The molecule has 0 fully saturated rings. The van der Waals surface area contributed by atoms with Crippen LogP contribution in [-0.4, -0.2) is 13.1 Å². The monoisotopic (exact) mass is 613 g/mol. The predicted molar refractivity (Wildman–Crippen MR) is 193 cm³/mol. The van der Waals surface area contributed by atoms with Gasteiger partial charge in [0.25, 0.3) is 0 Å². The van der Waals surface area contributed by atoms with E-state index in [1.807, 2.05) is 103 Å². The minimum Gasteiger partial charge on any atom is -0.422 e. The summed E-state index contributed by atoms with van der Waals surface area (Å²) in [5.41, 5.74) is 5.78. The van der Waals surface area contributed by atoms with E-state index in [2.05, 4.69) is 43.0 Å². The second-order valence-electron chi connectivity index (χ2n) is 11.8. The van der Waals surface area contributed by atoms with Gasteiger partial charge in [-0.15, -0.1) is 0 Å². The summed E-state index contributed by atoms with van der Waals surface area (Å²) in [5.74, 6) is 0. The number of anilines is 1. The van der Waals surface area contributed by atoms with Crippen LogP contribution in [0.1, 0.15) is 13.8 Å². The molecule has 0 N–H and O–H groups in total. The molecule has 2 heterocycles. The van der Waals surface area contributed by atoms with E-state index in [0.717, 1.165) is 73.3 Å². The SMILES string of the molecule is CCN(CC)c1ccc2cc(-c3cccc(-c4cccc(-c5cc6c7ccccc7c7ccccc7c6oc5=O)c4)c3)c(=O)oc2c1. The van der Waals surface area contributed by atoms with Gasteiger partial charge >= 0.3 is 11.3 Å². The molecule has 8 rings (SSSR count). The number of nitrogens with zero attached hydrogens (tertiary/aromatic N) is 1. The number of hydrogen-bond acceptors (Lipinski definition) is 5. The summed E-state index contributed by atoms with van der Waals surface area (Å²) >= 11 is 0. The first kappa shape index (κ1) is 28.5. The molecule has 0 unspecified atom stereocenters. The van der Waals surface area contributed by atoms with E-state index < -0.39 is 0 Å². The van der Waals surface area contributed by atoms with Gasteiger partial charge in [-0.25, -0.2) is 9.59 Å². The smallest absolute Gasteiger partial charge is 0.344 e. The fourth-order valence-corrected chi connectivity index (χ4v) is 6.76. The molecule has 6 aromatic carbocycles. The lowest BCUT2D eigenvalue weighted by Crippen LogP contribution is -2.21. The van der Waals surface area contributed by atoms with E-state index in [0.29, 0.717) is 22.3 Å². The Kier molecular flexibility index (Phi) is 6.95. The fourth-order valence-electron chi connectivity index (χ4n) is 6.76. The van der Waals surface area contributed by atoms with Crippen LogP contribution in [0.3, 0.4) is 0 Å². The molecular weight excluding hydrogens is 582 g/mol. The zero-order chi connectivity index (χ0) is 32.1. The quantitative estimate of drug-likeness (QED) is 0.138. The van der Waals surface area contributed by atoms with Gasteiger partial charge in [0.05, 0.1) is 11.1 Å². The Morgan fingerprint density at radius 3 is 1.66 bits per heavy atom. The maximum absolute atomic E-state index is 13.5. The number of hydrogen-bond donors (Lipinski definition) is 0. The van der Waals surface area contributed by atoms with Gasteiger partial charge < -0.3 is 13.7 Å². The molecule has 0 saturated carbocycles. The molecule has 228 valence electrons. The van der Waals surface area contributed by atoms with Gasteiger partial charge in [0.1, 0.15) is 11.2 Å². The molecule has 0 bridgehead atoms. The maximum Gasteiger partial charge on any atom is 0.344 e. The third-order valence-electron chi connectivity index (χ3n) is 9.16. The normalized spacial score (nSPS) is 11.5. The van der Waals surface area contributed by atoms with E-state index in [1.165, 1.54) is 0 Å². The zero-order valence-electron chi connectivity index (χ0n) is 26.1. The van der Waals surface area contributed by atoms with Crippen LogP contribution in [0, 0.1) is 0 Å². The Labute approximate surface area is 270 Å². The van der Waals surface area contributed by atoms with Gasteiger partial charge in [-0.05, 0) is 88.7 Å². The highest BCUT2D eigenvalue weighted by atomic mass is 16.4. The van der Waals surface area contributed by atoms with Gasteiger partial charge in [-0.2, -0.15) is 0 Å². The Bertz CT molecular complexity index is 2610. The topological polar surface area (TPSA) is 63.7 Å². The number of fused-ring (bicyclic) bond motifs is 7. The van der Waals surface area contributed by atoms with Crippen LogP contribution >= 0.6 is 0 Å². The Balaban J connectivity index is 1.21. The lowest BCUT2D eigenvalue weighted by Gasteiger charge is -2.21. The van der Waals surface area contributed by atoms with E-state index in [-0.39, 0.29) is 11.3 Å². The second-order valence-corrected chi connectivity index (χ2v) is 11.8. The largest absolute Gasteiger partial charge is 0.422 e. The molecule has 0 amide bonds. The van der Waals surface area contributed by atoms with E-state index in [1.54, 1.807) is 0 Å². The van der Waals surface area contributed by atoms with Gasteiger partial charge in [0.2, 0.25) is 0 Å². The van der Waals surface area contributed by atoms with E-state index >= 15 is 0 Å². The lowest BCUT2D eigenvalue weighted by atomic mass is 9.94. The molecule has 5 heteroatoms. The van der Waals surface area contributed by atoms with Gasteiger partial charge in [0, 0.05) is 41.0 Å². The van der Waals surface area contributed by atoms with Gasteiger partial charge in [-0.3, -0.25) is 0 Å². The molecule has 5 nitrogen and oxygen atoms in total. The highest BCUT2D eigenvalue weighted by Gasteiger charge is 2.16. The van der Waals surface area contributed by atoms with Crippen LogP contribution in [0.15, 0.2) is 146 Å². The van der Waals surface area contributed by atoms with Gasteiger partial charge in [-0.1, -0.05) is 84.9 Å². The maximum atomic E-state index is 13.5. The minimum absolute atomic E-state index is 0.381. The summed E-state index contributed by atoms with van der Waals surface area (Å²) in [6, 6.07) is 41.8. The zero-order valence-corrected chi connectivity index (χ0v) is 26.1. The highest BCUT2D eigenvalue weighted by molar-refractivity contribution is 6.23. The van der Waals surface area contributed by atoms with Crippen molar-refractivity contribution in [1.29, 1.82) is 0 Å². The standard InChI is InChI=1S/C42H31NO4/c1-3-43(4-2)31-20-19-30-23-36(41(44)46-39(30)24-31)28-13-9-11-26(21-28)27-12-10-14-29(22-27)37-25-38-34-17-6-5-15-32(34)33-16-7-8-18-35(33)40(38)47-42(37)45/h5-25H,3-4H2,1-2H3. The Hall–Kier alpha value is -5.94. The second kappa shape index (κ2) is 11.5. The molecule has 0 aliphatic rings. The highest BCUT2D eigenvalue weighted by Crippen LogP contribution is 2.36. The van der Waals surface area contributed by atoms with Crippen molar-refractivity contribution in [3.8, 4) is 33.4 Å². The fraction of sp³-hybridized carbons (Fsp3) is 0.0952. The van der Waals surface area contributed by atoms with Crippen LogP contribution in [0.4, 0.5) is 5.69 Å². The third kappa shape index (κ3) is 4.88. The van der Waals surface area contributed by atoms with Crippen LogP contribution in [0.25, 0.3) is 76.9 Å². The van der Waals surface area contributed by atoms with Crippen molar-refractivity contribution < 1.29 is 8.83 Å². The average Bonchev–Trinajstić information content (AvgIpc) is 3.12. The lowest BCUT2D eigenvalue weighted by molar-refractivity contribution is 0.563. The van der Waals surface area contributed by atoms with Crippen molar-refractivity contribution in [2.45, 2.75) is 13.8 Å². The van der Waals surface area contributed by atoms with E-state index in [4.69, 9.17) is 8.83 Å².